The summed E-state index contributed by atoms with van der Waals surface area (Å²) in [6.45, 7) is 0. The van der Waals surface area contributed by atoms with E-state index in [0.717, 1.165) is 13.1 Å². The van der Waals surface area contributed by atoms with Crippen molar-refractivity contribution in [3.8, 4) is 17.2 Å². The molecular weight excluding hydrogens is 317 g/mol. The number of amides is 1. The van der Waals surface area contributed by atoms with Crippen molar-refractivity contribution >= 4 is 17.8 Å². The fourth-order valence-corrected chi connectivity index (χ4v) is 2.02. The van der Waals surface area contributed by atoms with E-state index >= 15 is 0 Å². The molecule has 1 aliphatic rings. The molecule has 0 fully saturated rings. The van der Waals surface area contributed by atoms with Crippen molar-refractivity contribution in [1.29, 1.82) is 0 Å². The van der Waals surface area contributed by atoms with E-state index < -0.39 is 23.6 Å². The Bertz CT molecular complexity index is 711. The topological polar surface area (TPSA) is 71.4 Å². The van der Waals surface area contributed by atoms with Gasteiger partial charge in [-0.2, -0.15) is 13.2 Å². The van der Waals surface area contributed by atoms with Crippen LogP contribution in [0.5, 0.6) is 17.2 Å². The van der Waals surface area contributed by atoms with Gasteiger partial charge in [0.25, 0.3) is 5.91 Å². The lowest BCUT2D eigenvalue weighted by atomic mass is 10.1. The van der Waals surface area contributed by atoms with E-state index in [4.69, 9.17) is 9.47 Å². The lowest BCUT2D eigenvalue weighted by Crippen LogP contribution is -2.37. The third-order valence-corrected chi connectivity index (χ3v) is 3.14. The fourth-order valence-electron chi connectivity index (χ4n) is 2.02. The molecule has 0 bridgehead atoms. The summed E-state index contributed by atoms with van der Waals surface area (Å²) in [5.41, 5.74) is -0.156. The molecule has 124 valence electrons. The standard InChI is InChI=1S/C14H13F3N2O4/c1-19-12(21)8(18-13(19)14(15,16)17)4-7-5-11(23-3)9(20)6-10(7)22-2/h4-6,20H,1-3H3/b8-4-. The van der Waals surface area contributed by atoms with Gasteiger partial charge < -0.3 is 14.6 Å². The summed E-state index contributed by atoms with van der Waals surface area (Å²) in [5, 5.41) is 9.67. The number of amidine groups is 1. The Morgan fingerprint density at radius 3 is 2.30 bits per heavy atom. The van der Waals surface area contributed by atoms with Crippen LogP contribution in [0, 0.1) is 0 Å². The number of alkyl halides is 3. The second kappa shape index (κ2) is 5.82. The van der Waals surface area contributed by atoms with Crippen LogP contribution in [0.2, 0.25) is 0 Å². The molecule has 0 aliphatic carbocycles. The van der Waals surface area contributed by atoms with Crippen LogP contribution >= 0.6 is 0 Å². The molecule has 1 heterocycles. The number of hydrogen-bond donors (Lipinski definition) is 1. The number of hydrogen-bond acceptors (Lipinski definition) is 5. The number of rotatable bonds is 3. The van der Waals surface area contributed by atoms with Gasteiger partial charge in [0.15, 0.2) is 11.5 Å². The largest absolute Gasteiger partial charge is 0.504 e. The van der Waals surface area contributed by atoms with Crippen molar-refractivity contribution in [2.24, 2.45) is 4.99 Å². The lowest BCUT2D eigenvalue weighted by molar-refractivity contribution is -0.124. The molecule has 0 atom stereocenters. The fraction of sp³-hybridized carbons (Fsp3) is 0.286. The number of methoxy groups -OCH3 is 2. The number of nitrogens with zero attached hydrogens (tertiary/aromatic N) is 2. The van der Waals surface area contributed by atoms with Crippen LogP contribution in [0.25, 0.3) is 6.08 Å². The number of halogens is 3. The zero-order valence-corrected chi connectivity index (χ0v) is 12.4. The number of phenolic OH excluding ortho intramolecular Hbond substituents is 1. The summed E-state index contributed by atoms with van der Waals surface area (Å²) in [6, 6.07) is 2.55. The minimum atomic E-state index is -4.74. The van der Waals surface area contributed by atoms with E-state index in [9.17, 15) is 23.1 Å². The highest BCUT2D eigenvalue weighted by Crippen LogP contribution is 2.36. The molecule has 1 amide bonds. The molecule has 1 aromatic rings. The second-order valence-corrected chi connectivity index (χ2v) is 4.59. The van der Waals surface area contributed by atoms with Crippen molar-refractivity contribution < 1.29 is 32.5 Å². The Kier molecular flexibility index (Phi) is 4.22. The van der Waals surface area contributed by atoms with E-state index in [1.807, 2.05) is 0 Å². The average Bonchev–Trinajstić information content (AvgIpc) is 2.76. The number of benzene rings is 1. The van der Waals surface area contributed by atoms with Gasteiger partial charge in [-0.05, 0) is 12.1 Å². The van der Waals surface area contributed by atoms with Crippen molar-refractivity contribution in [2.75, 3.05) is 21.3 Å². The number of aromatic hydroxyl groups is 1. The van der Waals surface area contributed by atoms with E-state index in [-0.39, 0.29) is 22.8 Å². The van der Waals surface area contributed by atoms with Gasteiger partial charge in [-0.25, -0.2) is 4.99 Å². The van der Waals surface area contributed by atoms with Crippen molar-refractivity contribution in [2.45, 2.75) is 6.18 Å². The normalized spacial score (nSPS) is 16.8. The first kappa shape index (κ1) is 16.7. The first-order chi connectivity index (χ1) is 10.7. The van der Waals surface area contributed by atoms with E-state index in [1.165, 1.54) is 26.4 Å². The molecule has 1 aromatic carbocycles. The van der Waals surface area contributed by atoms with E-state index in [2.05, 4.69) is 4.99 Å². The zero-order chi connectivity index (χ0) is 17.4. The summed E-state index contributed by atoms with van der Waals surface area (Å²) >= 11 is 0. The molecule has 0 aromatic heterocycles. The Morgan fingerprint density at radius 1 is 1.22 bits per heavy atom. The van der Waals surface area contributed by atoms with Crippen LogP contribution in [0.3, 0.4) is 0 Å². The number of carbonyl (C=O) groups is 1. The SMILES string of the molecule is COc1cc(/C=C2\N=C(C(F)(F)F)N(C)C2=O)c(OC)cc1O. The molecule has 0 saturated heterocycles. The first-order valence-electron chi connectivity index (χ1n) is 6.29. The Balaban J connectivity index is 2.54. The first-order valence-corrected chi connectivity index (χ1v) is 6.29. The highest BCUT2D eigenvalue weighted by molar-refractivity contribution is 6.15. The van der Waals surface area contributed by atoms with Gasteiger partial charge in [-0.15, -0.1) is 0 Å². The maximum Gasteiger partial charge on any atom is 0.449 e. The predicted octanol–water partition coefficient (Wildman–Crippen LogP) is 2.18. The van der Waals surface area contributed by atoms with Crippen molar-refractivity contribution in [3.63, 3.8) is 0 Å². The minimum absolute atomic E-state index is 0.0801. The van der Waals surface area contributed by atoms with Gasteiger partial charge in [0.2, 0.25) is 5.84 Å². The van der Waals surface area contributed by atoms with Gasteiger partial charge in [-0.3, -0.25) is 9.69 Å². The van der Waals surface area contributed by atoms with Crippen LogP contribution < -0.4 is 9.47 Å². The second-order valence-electron chi connectivity index (χ2n) is 4.59. The van der Waals surface area contributed by atoms with Gasteiger partial charge in [0.1, 0.15) is 11.4 Å². The molecule has 6 nitrogen and oxygen atoms in total. The monoisotopic (exact) mass is 330 g/mol. The van der Waals surface area contributed by atoms with Crippen LogP contribution in [0.15, 0.2) is 22.8 Å². The van der Waals surface area contributed by atoms with Gasteiger partial charge in [0, 0.05) is 18.7 Å². The van der Waals surface area contributed by atoms with Gasteiger partial charge >= 0.3 is 6.18 Å². The van der Waals surface area contributed by atoms with Crippen LogP contribution in [-0.2, 0) is 4.79 Å². The molecule has 23 heavy (non-hydrogen) atoms. The molecule has 0 unspecified atom stereocenters. The van der Waals surface area contributed by atoms with Crippen LogP contribution in [0.1, 0.15) is 5.56 Å². The molecule has 0 spiro atoms. The Hall–Kier alpha value is -2.71. The Labute approximate surface area is 129 Å². The molecule has 2 rings (SSSR count). The highest BCUT2D eigenvalue weighted by Gasteiger charge is 2.45. The number of aliphatic imine (C=N–C) groups is 1. The molecule has 0 radical (unpaired) electrons. The van der Waals surface area contributed by atoms with Crippen molar-refractivity contribution in [1.82, 2.24) is 4.90 Å². The minimum Gasteiger partial charge on any atom is -0.504 e. The number of likely N-dealkylation sites (N-methyl/N-ethyl adjacent to an activating group) is 1. The molecule has 1 N–H and O–H groups in total. The summed E-state index contributed by atoms with van der Waals surface area (Å²) in [6.07, 6.45) is -3.60. The van der Waals surface area contributed by atoms with Crippen molar-refractivity contribution in [3.05, 3.63) is 23.4 Å². The molecule has 1 aliphatic heterocycles. The maximum atomic E-state index is 12.8. The van der Waals surface area contributed by atoms with Gasteiger partial charge in [0.05, 0.1) is 14.2 Å². The summed E-state index contributed by atoms with van der Waals surface area (Å²) in [4.78, 5) is 15.7. The summed E-state index contributed by atoms with van der Waals surface area (Å²) in [7, 11) is 3.62. The predicted molar refractivity (Wildman–Crippen MR) is 75.4 cm³/mol. The Morgan fingerprint density at radius 2 is 1.83 bits per heavy atom. The number of carbonyl (C=O) groups excluding carboxylic acids is 1. The maximum absolute atomic E-state index is 12.8. The smallest absolute Gasteiger partial charge is 0.449 e. The average molecular weight is 330 g/mol. The number of phenols is 1. The van der Waals surface area contributed by atoms with E-state index in [0.29, 0.717) is 4.90 Å². The van der Waals surface area contributed by atoms with E-state index in [1.54, 1.807) is 0 Å². The molecule has 0 saturated carbocycles. The molecule has 9 heteroatoms. The highest BCUT2D eigenvalue weighted by atomic mass is 19.4. The quantitative estimate of drug-likeness (QED) is 0.863. The third-order valence-electron chi connectivity index (χ3n) is 3.14. The third kappa shape index (κ3) is 3.08. The zero-order valence-electron chi connectivity index (χ0n) is 12.4. The lowest BCUT2D eigenvalue weighted by Gasteiger charge is -2.13. The van der Waals surface area contributed by atoms with Crippen LogP contribution in [-0.4, -0.2) is 49.2 Å². The number of ether oxygens (including phenoxy) is 2. The molecular formula is C14H13F3N2O4. The summed E-state index contributed by atoms with van der Waals surface area (Å²) in [5.74, 6) is -2.16. The van der Waals surface area contributed by atoms with Crippen LogP contribution in [0.4, 0.5) is 13.2 Å². The summed E-state index contributed by atoms with van der Waals surface area (Å²) < 4.78 is 48.3. The van der Waals surface area contributed by atoms with Gasteiger partial charge in [-0.1, -0.05) is 0 Å².